The van der Waals surface area contributed by atoms with Crippen molar-refractivity contribution in [3.63, 3.8) is 0 Å². The molecule has 0 N–H and O–H groups in total. The Morgan fingerprint density at radius 2 is 1.91 bits per heavy atom. The topological polar surface area (TPSA) is 46.6 Å². The van der Waals surface area contributed by atoms with Gasteiger partial charge in [0, 0.05) is 12.6 Å². The molecule has 0 spiro atoms. The Morgan fingerprint density at radius 3 is 2.64 bits per heavy atom. The van der Waals surface area contributed by atoms with Gasteiger partial charge in [0.25, 0.3) is 5.91 Å². The Balaban J connectivity index is 2.21. The molecule has 2 aromatic carbocycles. The molecule has 4 nitrogen and oxygen atoms in total. The summed E-state index contributed by atoms with van der Waals surface area (Å²) in [6.45, 7) is 4.33. The van der Waals surface area contributed by atoms with Gasteiger partial charge in [-0.2, -0.15) is 0 Å². The monoisotopic (exact) mass is 297 g/mol. The number of aldehydes is 1. The van der Waals surface area contributed by atoms with Gasteiger partial charge in [0.1, 0.15) is 12.4 Å². The highest BCUT2D eigenvalue weighted by atomic mass is 16.5. The van der Waals surface area contributed by atoms with Gasteiger partial charge in [-0.25, -0.2) is 0 Å². The molecule has 1 amide bonds. The van der Waals surface area contributed by atoms with Crippen LogP contribution in [0.3, 0.4) is 0 Å². The normalized spacial score (nSPS) is 10.1. The summed E-state index contributed by atoms with van der Waals surface area (Å²) in [6, 6.07) is 13.4. The van der Waals surface area contributed by atoms with E-state index in [1.165, 1.54) is 4.90 Å². The van der Waals surface area contributed by atoms with E-state index >= 15 is 0 Å². The van der Waals surface area contributed by atoms with Crippen molar-refractivity contribution in [3.8, 4) is 5.75 Å². The van der Waals surface area contributed by atoms with E-state index in [-0.39, 0.29) is 0 Å². The van der Waals surface area contributed by atoms with Crippen molar-refractivity contribution in [1.82, 2.24) is 0 Å². The smallest absolute Gasteiger partial charge is 0.290 e. The summed E-state index contributed by atoms with van der Waals surface area (Å²) < 4.78 is 5.88. The molecule has 0 bridgehead atoms. The van der Waals surface area contributed by atoms with Crippen molar-refractivity contribution >= 4 is 17.9 Å². The predicted molar refractivity (Wildman–Crippen MR) is 86.2 cm³/mol. The zero-order valence-electron chi connectivity index (χ0n) is 13.0. The Morgan fingerprint density at radius 1 is 1.18 bits per heavy atom. The number of hydrogen-bond donors (Lipinski definition) is 0. The van der Waals surface area contributed by atoms with Crippen LogP contribution in [0, 0.1) is 13.8 Å². The van der Waals surface area contributed by atoms with Gasteiger partial charge in [0.15, 0.2) is 0 Å². The summed E-state index contributed by atoms with van der Waals surface area (Å²) >= 11 is 0. The van der Waals surface area contributed by atoms with Crippen LogP contribution in [-0.2, 0) is 16.2 Å². The number of carbonyl (C=O) groups excluding carboxylic acids is 2. The first kappa shape index (κ1) is 15.8. The van der Waals surface area contributed by atoms with Gasteiger partial charge < -0.3 is 9.64 Å². The van der Waals surface area contributed by atoms with Crippen LogP contribution in [0.15, 0.2) is 42.5 Å². The van der Waals surface area contributed by atoms with Crippen molar-refractivity contribution in [3.05, 3.63) is 59.2 Å². The minimum Gasteiger partial charge on any atom is -0.489 e. The molecule has 0 saturated carbocycles. The lowest BCUT2D eigenvalue weighted by atomic mass is 10.1. The highest BCUT2D eigenvalue weighted by Gasteiger charge is 2.13. The van der Waals surface area contributed by atoms with Crippen LogP contribution in [0.25, 0.3) is 0 Å². The molecule has 0 aliphatic heterocycles. The number of amides is 1. The highest BCUT2D eigenvalue weighted by Crippen LogP contribution is 2.24. The maximum atomic E-state index is 11.6. The lowest BCUT2D eigenvalue weighted by Gasteiger charge is -2.19. The molecule has 114 valence electrons. The second kappa shape index (κ2) is 6.89. The van der Waals surface area contributed by atoms with Gasteiger partial charge in [0.05, 0.1) is 5.69 Å². The van der Waals surface area contributed by atoms with E-state index in [0.717, 1.165) is 22.4 Å². The Kier molecular flexibility index (Phi) is 4.94. The maximum absolute atomic E-state index is 11.6. The summed E-state index contributed by atoms with van der Waals surface area (Å²) in [5, 5.41) is 0. The highest BCUT2D eigenvalue weighted by molar-refractivity contribution is 6.30. The SMILES string of the molecule is Cc1ccc(C)c(OCc2ccccc2N(C)C(=O)C=O)c1. The molecule has 2 aromatic rings. The van der Waals surface area contributed by atoms with Crippen LogP contribution in [0.4, 0.5) is 5.69 Å². The van der Waals surface area contributed by atoms with Crippen LogP contribution in [0.5, 0.6) is 5.75 Å². The summed E-state index contributed by atoms with van der Waals surface area (Å²) in [4.78, 5) is 23.6. The van der Waals surface area contributed by atoms with E-state index in [4.69, 9.17) is 4.74 Å². The first-order chi connectivity index (χ1) is 10.5. The van der Waals surface area contributed by atoms with Crippen molar-refractivity contribution in [1.29, 1.82) is 0 Å². The first-order valence-electron chi connectivity index (χ1n) is 7.03. The maximum Gasteiger partial charge on any atom is 0.290 e. The molecule has 22 heavy (non-hydrogen) atoms. The summed E-state index contributed by atoms with van der Waals surface area (Å²) in [5.41, 5.74) is 3.70. The molecule has 0 aliphatic carbocycles. The predicted octanol–water partition coefficient (Wildman–Crippen LogP) is 3.04. The quantitative estimate of drug-likeness (QED) is 0.629. The number of benzene rings is 2. The zero-order chi connectivity index (χ0) is 16.1. The third-order valence-electron chi connectivity index (χ3n) is 3.51. The number of carbonyl (C=O) groups is 2. The van der Waals surface area contributed by atoms with E-state index in [2.05, 4.69) is 0 Å². The number of para-hydroxylation sites is 1. The molecule has 0 fully saturated rings. The second-order valence-electron chi connectivity index (χ2n) is 5.20. The van der Waals surface area contributed by atoms with E-state index < -0.39 is 5.91 Å². The fourth-order valence-electron chi connectivity index (χ4n) is 2.18. The number of nitrogens with zero attached hydrogens (tertiary/aromatic N) is 1. The molecule has 0 saturated heterocycles. The van der Waals surface area contributed by atoms with Crippen molar-refractivity contribution in [2.75, 3.05) is 11.9 Å². The van der Waals surface area contributed by atoms with E-state index in [1.54, 1.807) is 13.1 Å². The molecule has 0 aliphatic rings. The number of anilines is 1. The van der Waals surface area contributed by atoms with Crippen LogP contribution in [-0.4, -0.2) is 19.2 Å². The van der Waals surface area contributed by atoms with Gasteiger partial charge in [-0.3, -0.25) is 9.59 Å². The number of rotatable bonds is 5. The summed E-state index contributed by atoms with van der Waals surface area (Å²) in [5.74, 6) is 0.235. The average Bonchev–Trinajstić information content (AvgIpc) is 2.54. The Bertz CT molecular complexity index is 694. The number of hydrogen-bond acceptors (Lipinski definition) is 3. The molecular weight excluding hydrogens is 278 g/mol. The molecule has 2 rings (SSSR count). The fourth-order valence-corrected chi connectivity index (χ4v) is 2.18. The van der Waals surface area contributed by atoms with Crippen molar-refractivity contribution in [2.24, 2.45) is 0 Å². The van der Waals surface area contributed by atoms with Crippen LogP contribution in [0.1, 0.15) is 16.7 Å². The van der Waals surface area contributed by atoms with Crippen LogP contribution >= 0.6 is 0 Å². The molecule has 0 atom stereocenters. The summed E-state index contributed by atoms with van der Waals surface area (Å²) in [6.07, 6.45) is 0.308. The third kappa shape index (κ3) is 3.52. The molecule has 4 heteroatoms. The van der Waals surface area contributed by atoms with E-state index in [9.17, 15) is 9.59 Å². The van der Waals surface area contributed by atoms with Crippen LogP contribution in [0.2, 0.25) is 0 Å². The largest absolute Gasteiger partial charge is 0.489 e. The number of ether oxygens (including phenoxy) is 1. The molecule has 0 radical (unpaired) electrons. The molecule has 0 aromatic heterocycles. The van der Waals surface area contributed by atoms with Gasteiger partial charge in [0.2, 0.25) is 6.29 Å². The standard InChI is InChI=1S/C18H19NO3/c1-13-8-9-14(2)17(10-13)22-12-15-6-4-5-7-16(15)19(3)18(21)11-20/h4-11H,12H2,1-3H3. The van der Waals surface area contributed by atoms with Gasteiger partial charge in [-0.15, -0.1) is 0 Å². The Hall–Kier alpha value is -2.62. The van der Waals surface area contributed by atoms with Crippen molar-refractivity contribution in [2.45, 2.75) is 20.5 Å². The van der Waals surface area contributed by atoms with Gasteiger partial charge in [-0.05, 0) is 37.1 Å². The minimum atomic E-state index is -0.584. The van der Waals surface area contributed by atoms with E-state index in [0.29, 0.717) is 18.6 Å². The van der Waals surface area contributed by atoms with Gasteiger partial charge >= 0.3 is 0 Å². The third-order valence-corrected chi connectivity index (χ3v) is 3.51. The van der Waals surface area contributed by atoms with Crippen LogP contribution < -0.4 is 9.64 Å². The summed E-state index contributed by atoms with van der Waals surface area (Å²) in [7, 11) is 1.58. The zero-order valence-corrected chi connectivity index (χ0v) is 13.0. The van der Waals surface area contributed by atoms with E-state index in [1.807, 2.05) is 50.2 Å². The fraction of sp³-hybridized carbons (Fsp3) is 0.222. The number of likely N-dealkylation sites (N-methyl/N-ethyl adjacent to an activating group) is 1. The first-order valence-corrected chi connectivity index (χ1v) is 7.03. The Labute approximate surface area is 130 Å². The minimum absolute atomic E-state index is 0.308. The molecule has 0 unspecified atom stereocenters. The number of aryl methyl sites for hydroxylation is 2. The lowest BCUT2D eigenvalue weighted by Crippen LogP contribution is -2.28. The average molecular weight is 297 g/mol. The lowest BCUT2D eigenvalue weighted by molar-refractivity contribution is -0.129. The molecular formula is C18H19NO3. The van der Waals surface area contributed by atoms with Crippen molar-refractivity contribution < 1.29 is 14.3 Å². The second-order valence-corrected chi connectivity index (χ2v) is 5.20. The van der Waals surface area contributed by atoms with Gasteiger partial charge in [-0.1, -0.05) is 30.3 Å². The molecule has 0 heterocycles.